The summed E-state index contributed by atoms with van der Waals surface area (Å²) in [5, 5.41) is 24.3. The quantitative estimate of drug-likeness (QED) is 0.687. The fraction of sp³-hybridized carbons (Fsp3) is 0.263. The van der Waals surface area contributed by atoms with Gasteiger partial charge in [0.15, 0.2) is 0 Å². The molecule has 1 atom stereocenters. The molecule has 1 aliphatic rings. The van der Waals surface area contributed by atoms with E-state index in [4.69, 9.17) is 5.11 Å². The van der Waals surface area contributed by atoms with Gasteiger partial charge in [-0.3, -0.25) is 0 Å². The molecule has 2 aromatic carbocycles. The number of carboxylic acids is 1. The normalized spacial score (nSPS) is 16.0. The van der Waals surface area contributed by atoms with Crippen LogP contribution in [0.4, 0.5) is 10.5 Å². The van der Waals surface area contributed by atoms with Crippen LogP contribution in [0.25, 0.3) is 0 Å². The average molecular weight is 340 g/mol. The number of aliphatic hydroxyl groups is 1. The summed E-state index contributed by atoms with van der Waals surface area (Å²) >= 11 is 0. The van der Waals surface area contributed by atoms with Crippen LogP contribution in [0.5, 0.6) is 0 Å². The summed E-state index contributed by atoms with van der Waals surface area (Å²) in [6, 6.07) is 11.8. The number of aryl methyl sites for hydroxylation is 1. The largest absolute Gasteiger partial charge is 0.478 e. The Balaban J connectivity index is 1.61. The highest BCUT2D eigenvalue weighted by atomic mass is 16.4. The maximum absolute atomic E-state index is 12.1. The van der Waals surface area contributed by atoms with Crippen molar-refractivity contribution in [3.8, 4) is 0 Å². The summed E-state index contributed by atoms with van der Waals surface area (Å²) in [7, 11) is 0. The second-order valence-corrected chi connectivity index (χ2v) is 6.15. The summed E-state index contributed by atoms with van der Waals surface area (Å²) < 4.78 is 0. The highest BCUT2D eigenvalue weighted by molar-refractivity contribution is 5.90. The molecule has 0 aromatic heterocycles. The van der Waals surface area contributed by atoms with Crippen molar-refractivity contribution in [2.45, 2.75) is 31.9 Å². The lowest BCUT2D eigenvalue weighted by molar-refractivity contribution is 0.0697. The summed E-state index contributed by atoms with van der Waals surface area (Å²) in [5.41, 5.74) is 3.89. The number of urea groups is 1. The Labute approximate surface area is 145 Å². The number of nitrogens with one attached hydrogen (secondary N) is 2. The minimum Gasteiger partial charge on any atom is -0.478 e. The minimum absolute atomic E-state index is 0.211. The molecule has 0 aliphatic heterocycles. The zero-order valence-corrected chi connectivity index (χ0v) is 13.7. The molecule has 1 aliphatic carbocycles. The number of hydrogen-bond donors (Lipinski definition) is 4. The van der Waals surface area contributed by atoms with E-state index >= 15 is 0 Å². The van der Waals surface area contributed by atoms with Gasteiger partial charge in [-0.1, -0.05) is 24.3 Å². The number of carboxylic acid groups (broad SMARTS) is 1. The second kappa shape index (κ2) is 7.36. The highest BCUT2D eigenvalue weighted by Gasteiger charge is 2.19. The van der Waals surface area contributed by atoms with E-state index in [-0.39, 0.29) is 17.7 Å². The molecule has 0 heterocycles. The predicted molar refractivity (Wildman–Crippen MR) is 93.7 cm³/mol. The first kappa shape index (κ1) is 17.0. The van der Waals surface area contributed by atoms with Crippen molar-refractivity contribution in [2.75, 3.05) is 5.32 Å². The summed E-state index contributed by atoms with van der Waals surface area (Å²) in [6.07, 6.45) is 1.73. The molecule has 25 heavy (non-hydrogen) atoms. The Kier molecular flexibility index (Phi) is 5.00. The Morgan fingerprint density at radius 3 is 2.60 bits per heavy atom. The maximum atomic E-state index is 12.1. The van der Waals surface area contributed by atoms with E-state index in [0.29, 0.717) is 13.0 Å². The van der Waals surface area contributed by atoms with Gasteiger partial charge in [0.05, 0.1) is 11.7 Å². The van der Waals surface area contributed by atoms with E-state index < -0.39 is 5.97 Å². The second-order valence-electron chi connectivity index (χ2n) is 6.15. The molecule has 0 bridgehead atoms. The van der Waals surface area contributed by atoms with Crippen molar-refractivity contribution in [2.24, 2.45) is 0 Å². The van der Waals surface area contributed by atoms with Crippen LogP contribution in [-0.2, 0) is 19.4 Å². The molecule has 2 amide bonds. The number of anilines is 1. The van der Waals surface area contributed by atoms with Crippen molar-refractivity contribution < 1.29 is 19.8 Å². The van der Waals surface area contributed by atoms with Crippen LogP contribution in [0, 0.1) is 0 Å². The average Bonchev–Trinajstić information content (AvgIpc) is 2.61. The Morgan fingerprint density at radius 1 is 1.12 bits per heavy atom. The molecule has 0 spiro atoms. The van der Waals surface area contributed by atoms with E-state index in [9.17, 15) is 14.7 Å². The van der Waals surface area contributed by atoms with E-state index in [1.165, 1.54) is 12.1 Å². The molecular weight excluding hydrogens is 320 g/mol. The maximum Gasteiger partial charge on any atom is 0.335 e. The molecule has 0 fully saturated rings. The van der Waals surface area contributed by atoms with Crippen molar-refractivity contribution in [3.05, 3.63) is 64.7 Å². The molecule has 0 radical (unpaired) electrons. The van der Waals surface area contributed by atoms with E-state index in [0.717, 1.165) is 35.2 Å². The number of aromatic carboxylic acids is 1. The fourth-order valence-corrected chi connectivity index (χ4v) is 3.00. The van der Waals surface area contributed by atoms with Crippen LogP contribution in [0.3, 0.4) is 0 Å². The monoisotopic (exact) mass is 340 g/mol. The Morgan fingerprint density at radius 2 is 1.88 bits per heavy atom. The number of benzene rings is 2. The molecular formula is C19H20N2O4. The van der Waals surface area contributed by atoms with E-state index in [1.54, 1.807) is 12.1 Å². The van der Waals surface area contributed by atoms with Gasteiger partial charge < -0.3 is 20.8 Å². The zero-order chi connectivity index (χ0) is 17.8. The van der Waals surface area contributed by atoms with Crippen molar-refractivity contribution in [3.63, 3.8) is 0 Å². The topological polar surface area (TPSA) is 98.7 Å². The number of hydrogen-bond acceptors (Lipinski definition) is 3. The summed E-state index contributed by atoms with van der Waals surface area (Å²) in [5.74, 6) is -0.978. The lowest BCUT2D eigenvalue weighted by Crippen LogP contribution is -2.29. The van der Waals surface area contributed by atoms with Crippen molar-refractivity contribution in [1.82, 2.24) is 5.32 Å². The summed E-state index contributed by atoms with van der Waals surface area (Å²) in [6.45, 7) is 0.295. The molecule has 4 N–H and O–H groups in total. The van der Waals surface area contributed by atoms with Gasteiger partial charge in [0.1, 0.15) is 0 Å². The number of carbonyl (C=O) groups excluding carboxylic acids is 1. The van der Waals surface area contributed by atoms with Gasteiger partial charge in [0.25, 0.3) is 0 Å². The van der Waals surface area contributed by atoms with Crippen LogP contribution in [-0.4, -0.2) is 28.3 Å². The predicted octanol–water partition coefficient (Wildman–Crippen LogP) is 2.56. The third-order valence-corrected chi connectivity index (χ3v) is 4.36. The molecule has 130 valence electrons. The smallest absolute Gasteiger partial charge is 0.335 e. The lowest BCUT2D eigenvalue weighted by Gasteiger charge is -2.23. The van der Waals surface area contributed by atoms with E-state index in [1.807, 2.05) is 18.2 Å². The van der Waals surface area contributed by atoms with Gasteiger partial charge in [-0.2, -0.15) is 0 Å². The van der Waals surface area contributed by atoms with Gasteiger partial charge in [-0.05, 0) is 47.7 Å². The van der Waals surface area contributed by atoms with Gasteiger partial charge in [0, 0.05) is 18.7 Å². The summed E-state index contributed by atoms with van der Waals surface area (Å²) in [4.78, 5) is 23.0. The van der Waals surface area contributed by atoms with Gasteiger partial charge in [0.2, 0.25) is 0 Å². The van der Waals surface area contributed by atoms with Gasteiger partial charge in [-0.15, -0.1) is 0 Å². The zero-order valence-electron chi connectivity index (χ0n) is 13.7. The Hall–Kier alpha value is -2.86. The standard InChI is InChI=1S/C19H20N2O4/c22-15-9-8-13-2-1-3-17(16(13)10-15)21-19(25)20-11-12-4-6-14(7-5-12)18(23)24/h1-7,15,22H,8-11H2,(H,23,24)(H2,20,21,25). The molecule has 6 nitrogen and oxygen atoms in total. The Bertz CT molecular complexity index is 787. The third-order valence-electron chi connectivity index (χ3n) is 4.36. The molecule has 0 saturated carbocycles. The van der Waals surface area contributed by atoms with Crippen molar-refractivity contribution >= 4 is 17.7 Å². The SMILES string of the molecule is O=C(NCc1ccc(C(=O)O)cc1)Nc1cccc2c1CC(O)CC2. The number of carbonyl (C=O) groups is 2. The molecule has 1 unspecified atom stereocenters. The number of rotatable bonds is 4. The van der Waals surface area contributed by atoms with Crippen LogP contribution in [0.2, 0.25) is 0 Å². The van der Waals surface area contributed by atoms with Gasteiger partial charge in [-0.25, -0.2) is 9.59 Å². The number of aliphatic hydroxyl groups excluding tert-OH is 1. The first-order chi connectivity index (χ1) is 12.0. The lowest BCUT2D eigenvalue weighted by atomic mass is 9.88. The van der Waals surface area contributed by atoms with Crippen LogP contribution < -0.4 is 10.6 Å². The molecule has 3 rings (SSSR count). The van der Waals surface area contributed by atoms with Crippen LogP contribution in [0.15, 0.2) is 42.5 Å². The molecule has 6 heteroatoms. The molecule has 0 saturated heterocycles. The first-order valence-electron chi connectivity index (χ1n) is 8.19. The minimum atomic E-state index is -0.978. The number of fused-ring (bicyclic) bond motifs is 1. The van der Waals surface area contributed by atoms with Crippen molar-refractivity contribution in [1.29, 1.82) is 0 Å². The number of amides is 2. The molecule has 2 aromatic rings. The van der Waals surface area contributed by atoms with Crippen LogP contribution >= 0.6 is 0 Å². The highest BCUT2D eigenvalue weighted by Crippen LogP contribution is 2.28. The van der Waals surface area contributed by atoms with E-state index in [2.05, 4.69) is 10.6 Å². The third kappa shape index (κ3) is 4.16. The van der Waals surface area contributed by atoms with Crippen LogP contribution in [0.1, 0.15) is 33.5 Å². The van der Waals surface area contributed by atoms with Gasteiger partial charge >= 0.3 is 12.0 Å². The first-order valence-corrected chi connectivity index (χ1v) is 8.19. The fourth-order valence-electron chi connectivity index (χ4n) is 3.00.